The Bertz CT molecular complexity index is 575. The van der Waals surface area contributed by atoms with Crippen molar-refractivity contribution in [3.05, 3.63) is 40.1 Å². The molecule has 100 valence electrons. The molecule has 0 aliphatic rings. The standard InChI is InChI=1S/C14H14O4S/c1-16-11-7-13(18-3)12(17-2)6-10(11)14(15)9-4-5-19-8-9/h4-8H,1-3H3. The lowest BCUT2D eigenvalue weighted by Crippen LogP contribution is -2.04. The lowest BCUT2D eigenvalue weighted by Gasteiger charge is -2.13. The van der Waals surface area contributed by atoms with Crippen molar-refractivity contribution in [3.8, 4) is 17.2 Å². The quantitative estimate of drug-likeness (QED) is 0.789. The molecular weight excluding hydrogens is 264 g/mol. The monoisotopic (exact) mass is 278 g/mol. The number of rotatable bonds is 5. The maximum Gasteiger partial charge on any atom is 0.197 e. The van der Waals surface area contributed by atoms with Crippen molar-refractivity contribution < 1.29 is 19.0 Å². The van der Waals surface area contributed by atoms with E-state index in [0.29, 0.717) is 28.4 Å². The van der Waals surface area contributed by atoms with Crippen LogP contribution in [-0.4, -0.2) is 27.1 Å². The van der Waals surface area contributed by atoms with Crippen LogP contribution in [0.2, 0.25) is 0 Å². The highest BCUT2D eigenvalue weighted by atomic mass is 32.1. The van der Waals surface area contributed by atoms with E-state index in [-0.39, 0.29) is 5.78 Å². The number of hydrogen-bond acceptors (Lipinski definition) is 5. The first-order chi connectivity index (χ1) is 9.21. The van der Waals surface area contributed by atoms with Gasteiger partial charge in [0.05, 0.1) is 26.9 Å². The molecule has 1 aromatic heterocycles. The van der Waals surface area contributed by atoms with E-state index in [1.807, 2.05) is 5.38 Å². The van der Waals surface area contributed by atoms with Crippen LogP contribution < -0.4 is 14.2 Å². The summed E-state index contributed by atoms with van der Waals surface area (Å²) in [5.41, 5.74) is 1.09. The molecule has 0 aliphatic heterocycles. The number of carbonyl (C=O) groups excluding carboxylic acids is 1. The molecule has 0 bridgehead atoms. The molecule has 5 heteroatoms. The summed E-state index contributed by atoms with van der Waals surface area (Å²) < 4.78 is 15.7. The van der Waals surface area contributed by atoms with Crippen LogP contribution in [-0.2, 0) is 0 Å². The van der Waals surface area contributed by atoms with Gasteiger partial charge in [-0.1, -0.05) is 0 Å². The maximum absolute atomic E-state index is 12.4. The van der Waals surface area contributed by atoms with E-state index in [1.165, 1.54) is 32.7 Å². The highest BCUT2D eigenvalue weighted by molar-refractivity contribution is 7.08. The Morgan fingerprint density at radius 1 is 1.00 bits per heavy atom. The van der Waals surface area contributed by atoms with Crippen LogP contribution in [0, 0.1) is 0 Å². The predicted molar refractivity (Wildman–Crippen MR) is 73.8 cm³/mol. The zero-order valence-electron chi connectivity index (χ0n) is 10.9. The van der Waals surface area contributed by atoms with E-state index in [1.54, 1.807) is 23.6 Å². The number of benzene rings is 1. The number of methoxy groups -OCH3 is 3. The lowest BCUT2D eigenvalue weighted by molar-refractivity contribution is 0.103. The Morgan fingerprint density at radius 2 is 1.63 bits per heavy atom. The van der Waals surface area contributed by atoms with Gasteiger partial charge in [0.1, 0.15) is 5.75 Å². The van der Waals surface area contributed by atoms with E-state index in [9.17, 15) is 4.79 Å². The summed E-state index contributed by atoms with van der Waals surface area (Å²) in [6.45, 7) is 0. The first kappa shape index (κ1) is 13.4. The Balaban J connectivity index is 2.52. The second-order valence-electron chi connectivity index (χ2n) is 3.75. The number of hydrogen-bond donors (Lipinski definition) is 0. The van der Waals surface area contributed by atoms with Gasteiger partial charge in [-0.15, -0.1) is 0 Å². The van der Waals surface area contributed by atoms with E-state index >= 15 is 0 Å². The van der Waals surface area contributed by atoms with Crippen molar-refractivity contribution in [1.82, 2.24) is 0 Å². The number of carbonyl (C=O) groups is 1. The van der Waals surface area contributed by atoms with Gasteiger partial charge < -0.3 is 14.2 Å². The minimum absolute atomic E-state index is 0.0981. The van der Waals surface area contributed by atoms with Gasteiger partial charge in [0.15, 0.2) is 17.3 Å². The third-order valence-corrected chi connectivity index (χ3v) is 3.42. The molecule has 1 heterocycles. The predicted octanol–water partition coefficient (Wildman–Crippen LogP) is 3.00. The summed E-state index contributed by atoms with van der Waals surface area (Å²) in [6.07, 6.45) is 0. The summed E-state index contributed by atoms with van der Waals surface area (Å²) in [7, 11) is 4.59. The average Bonchev–Trinajstić information content (AvgIpc) is 2.99. The zero-order chi connectivity index (χ0) is 13.8. The summed E-state index contributed by atoms with van der Waals surface area (Å²) in [5, 5.41) is 3.67. The minimum atomic E-state index is -0.0981. The van der Waals surface area contributed by atoms with Crippen LogP contribution in [0.1, 0.15) is 15.9 Å². The van der Waals surface area contributed by atoms with Crippen LogP contribution in [0.5, 0.6) is 17.2 Å². The normalized spacial score (nSPS) is 10.1. The summed E-state index contributed by atoms with van der Waals surface area (Å²) >= 11 is 1.48. The van der Waals surface area contributed by atoms with Crippen LogP contribution in [0.25, 0.3) is 0 Å². The van der Waals surface area contributed by atoms with Gasteiger partial charge in [-0.2, -0.15) is 11.3 Å². The van der Waals surface area contributed by atoms with Gasteiger partial charge in [0.2, 0.25) is 0 Å². The second kappa shape index (κ2) is 5.75. The van der Waals surface area contributed by atoms with Crippen molar-refractivity contribution in [1.29, 1.82) is 0 Å². The Hall–Kier alpha value is -2.01. The van der Waals surface area contributed by atoms with Gasteiger partial charge in [-0.3, -0.25) is 4.79 Å². The van der Waals surface area contributed by atoms with Crippen molar-refractivity contribution in [3.63, 3.8) is 0 Å². The molecule has 0 unspecified atom stereocenters. The molecule has 19 heavy (non-hydrogen) atoms. The highest BCUT2D eigenvalue weighted by Gasteiger charge is 2.19. The molecule has 2 aromatic rings. The SMILES string of the molecule is COc1cc(OC)c(C(=O)c2ccsc2)cc1OC. The third kappa shape index (κ3) is 2.56. The van der Waals surface area contributed by atoms with Crippen molar-refractivity contribution >= 4 is 17.1 Å². The topological polar surface area (TPSA) is 44.8 Å². The number of ether oxygens (including phenoxy) is 3. The van der Waals surface area contributed by atoms with Crippen LogP contribution in [0.15, 0.2) is 29.0 Å². The number of thiophene rings is 1. The molecule has 0 saturated heterocycles. The molecule has 2 rings (SSSR count). The summed E-state index contributed by atoms with van der Waals surface area (Å²) in [6, 6.07) is 5.07. The highest BCUT2D eigenvalue weighted by Crippen LogP contribution is 2.35. The van der Waals surface area contributed by atoms with Gasteiger partial charge >= 0.3 is 0 Å². The molecule has 0 atom stereocenters. The molecular formula is C14H14O4S. The largest absolute Gasteiger partial charge is 0.496 e. The number of ketones is 1. The molecule has 4 nitrogen and oxygen atoms in total. The first-order valence-corrected chi connectivity index (χ1v) is 6.52. The fourth-order valence-corrected chi connectivity index (χ4v) is 2.39. The zero-order valence-corrected chi connectivity index (χ0v) is 11.7. The van der Waals surface area contributed by atoms with E-state index in [0.717, 1.165) is 0 Å². The lowest BCUT2D eigenvalue weighted by atomic mass is 10.0. The van der Waals surface area contributed by atoms with Crippen LogP contribution in [0.4, 0.5) is 0 Å². The smallest absolute Gasteiger partial charge is 0.197 e. The molecule has 0 N–H and O–H groups in total. The molecule has 1 aromatic carbocycles. The van der Waals surface area contributed by atoms with Crippen LogP contribution >= 0.6 is 11.3 Å². The molecule has 0 amide bonds. The van der Waals surface area contributed by atoms with Crippen molar-refractivity contribution in [2.75, 3.05) is 21.3 Å². The van der Waals surface area contributed by atoms with Crippen LogP contribution in [0.3, 0.4) is 0 Å². The summed E-state index contributed by atoms with van der Waals surface area (Å²) in [4.78, 5) is 12.4. The van der Waals surface area contributed by atoms with Gasteiger partial charge in [-0.05, 0) is 17.5 Å². The Kier molecular flexibility index (Phi) is 4.06. The molecule has 0 radical (unpaired) electrons. The van der Waals surface area contributed by atoms with E-state index in [2.05, 4.69) is 0 Å². The van der Waals surface area contributed by atoms with E-state index in [4.69, 9.17) is 14.2 Å². The first-order valence-electron chi connectivity index (χ1n) is 5.58. The molecule has 0 saturated carbocycles. The molecule has 0 spiro atoms. The molecule has 0 aliphatic carbocycles. The maximum atomic E-state index is 12.4. The third-order valence-electron chi connectivity index (χ3n) is 2.73. The van der Waals surface area contributed by atoms with Crippen molar-refractivity contribution in [2.24, 2.45) is 0 Å². The fraction of sp³-hybridized carbons (Fsp3) is 0.214. The van der Waals surface area contributed by atoms with E-state index < -0.39 is 0 Å². The van der Waals surface area contributed by atoms with Crippen molar-refractivity contribution in [2.45, 2.75) is 0 Å². The fourth-order valence-electron chi connectivity index (χ4n) is 1.76. The average molecular weight is 278 g/mol. The van der Waals surface area contributed by atoms with Gasteiger partial charge in [-0.25, -0.2) is 0 Å². The van der Waals surface area contributed by atoms with Gasteiger partial charge in [0.25, 0.3) is 0 Å². The second-order valence-corrected chi connectivity index (χ2v) is 4.53. The minimum Gasteiger partial charge on any atom is -0.496 e. The molecule has 0 fully saturated rings. The summed E-state index contributed by atoms with van der Waals surface area (Å²) in [5.74, 6) is 1.40. The Labute approximate surface area is 115 Å². The van der Waals surface area contributed by atoms with Gasteiger partial charge in [0, 0.05) is 17.0 Å². The Morgan fingerprint density at radius 3 is 2.16 bits per heavy atom.